The summed E-state index contributed by atoms with van der Waals surface area (Å²) >= 11 is 6.10. The smallest absolute Gasteiger partial charge is 0.419 e. The fourth-order valence-corrected chi connectivity index (χ4v) is 3.23. The van der Waals surface area contributed by atoms with Gasteiger partial charge in [0.1, 0.15) is 5.76 Å². The maximum atomic E-state index is 14.1. The highest BCUT2D eigenvalue weighted by Gasteiger charge is 2.61. The summed E-state index contributed by atoms with van der Waals surface area (Å²) in [6.45, 7) is 0. The van der Waals surface area contributed by atoms with Gasteiger partial charge in [-0.05, 0) is 18.2 Å². The summed E-state index contributed by atoms with van der Waals surface area (Å²) in [5, 5.41) is 4.38. The second-order valence-corrected chi connectivity index (χ2v) is 6.07. The summed E-state index contributed by atoms with van der Waals surface area (Å²) < 4.78 is 48.0. The predicted octanol–water partition coefficient (Wildman–Crippen LogP) is 4.67. The highest BCUT2D eigenvalue weighted by atomic mass is 35.5. The summed E-state index contributed by atoms with van der Waals surface area (Å²) in [5.74, 6) is -0.169. The molecule has 128 valence electrons. The largest absolute Gasteiger partial charge is 0.455 e. The number of alkyl halides is 3. The van der Waals surface area contributed by atoms with Gasteiger partial charge in [0, 0.05) is 5.56 Å². The molecule has 0 saturated heterocycles. The van der Waals surface area contributed by atoms with Gasteiger partial charge in [-0.2, -0.15) is 13.2 Å². The molecule has 2 aliphatic rings. The van der Waals surface area contributed by atoms with Crippen LogP contribution in [0.15, 0.2) is 48.5 Å². The van der Waals surface area contributed by atoms with Crippen molar-refractivity contribution in [3.63, 3.8) is 0 Å². The van der Waals surface area contributed by atoms with Crippen LogP contribution in [0.3, 0.4) is 0 Å². The molecule has 2 aliphatic heterocycles. The first-order valence-corrected chi connectivity index (χ1v) is 7.64. The number of carbonyl (C=O) groups excluding carboxylic acids is 1. The van der Waals surface area contributed by atoms with Crippen LogP contribution >= 0.6 is 11.6 Å². The third kappa shape index (κ3) is 2.26. The van der Waals surface area contributed by atoms with Crippen molar-refractivity contribution < 1.29 is 22.7 Å². The van der Waals surface area contributed by atoms with E-state index in [9.17, 15) is 18.0 Å². The van der Waals surface area contributed by atoms with Crippen molar-refractivity contribution in [2.45, 2.75) is 11.7 Å². The van der Waals surface area contributed by atoms with Gasteiger partial charge in [-0.25, -0.2) is 4.79 Å². The van der Waals surface area contributed by atoms with Crippen LogP contribution in [0, 0.1) is 0 Å². The van der Waals surface area contributed by atoms with Crippen molar-refractivity contribution in [1.82, 2.24) is 5.32 Å². The summed E-state index contributed by atoms with van der Waals surface area (Å²) in [6.07, 6.45) is -3.92. The summed E-state index contributed by atoms with van der Waals surface area (Å²) in [7, 11) is 0. The summed E-state index contributed by atoms with van der Waals surface area (Å²) in [4.78, 5) is 11.9. The lowest BCUT2D eigenvalue weighted by Gasteiger charge is -2.42. The van der Waals surface area contributed by atoms with E-state index in [0.717, 1.165) is 6.08 Å². The third-order valence-electron chi connectivity index (χ3n) is 4.13. The maximum Gasteiger partial charge on any atom is 0.419 e. The van der Waals surface area contributed by atoms with E-state index in [0.29, 0.717) is 5.56 Å². The SMILES string of the molecule is O=C1Nc2ccc(Cl)c3c2C(C(F)(F)F)(C=C(c2ccccc2)O3)N1. The average Bonchev–Trinajstić information content (AvgIpc) is 2.57. The molecule has 0 radical (unpaired) electrons. The molecule has 8 heteroatoms. The minimum Gasteiger partial charge on any atom is -0.455 e. The number of nitrogens with one attached hydrogen (secondary N) is 2. The fraction of sp³-hybridized carbons (Fsp3) is 0.118. The zero-order chi connectivity index (χ0) is 17.8. The minimum atomic E-state index is -4.80. The van der Waals surface area contributed by atoms with E-state index in [1.165, 1.54) is 12.1 Å². The molecule has 2 aromatic carbocycles. The van der Waals surface area contributed by atoms with E-state index < -0.39 is 17.7 Å². The van der Waals surface area contributed by atoms with Gasteiger partial charge in [0.25, 0.3) is 0 Å². The van der Waals surface area contributed by atoms with Crippen LogP contribution in [0.4, 0.5) is 23.7 Å². The topological polar surface area (TPSA) is 50.4 Å². The van der Waals surface area contributed by atoms with Crippen LogP contribution in [-0.4, -0.2) is 12.2 Å². The van der Waals surface area contributed by atoms with E-state index in [-0.39, 0.29) is 27.8 Å². The second-order valence-electron chi connectivity index (χ2n) is 5.66. The second kappa shape index (κ2) is 5.16. The molecule has 1 unspecified atom stereocenters. The summed E-state index contributed by atoms with van der Waals surface area (Å²) in [5.41, 5.74) is -2.55. The Bertz CT molecular complexity index is 912. The van der Waals surface area contributed by atoms with Crippen LogP contribution in [0.1, 0.15) is 11.1 Å². The van der Waals surface area contributed by atoms with Gasteiger partial charge in [-0.1, -0.05) is 41.9 Å². The van der Waals surface area contributed by atoms with Crippen molar-refractivity contribution in [3.05, 3.63) is 64.7 Å². The summed E-state index contributed by atoms with van der Waals surface area (Å²) in [6, 6.07) is 10.1. The molecule has 4 nitrogen and oxygen atoms in total. The number of halogens is 4. The van der Waals surface area contributed by atoms with E-state index in [1.807, 2.05) is 5.32 Å². The van der Waals surface area contributed by atoms with Crippen LogP contribution < -0.4 is 15.4 Å². The zero-order valence-corrected chi connectivity index (χ0v) is 13.2. The first kappa shape index (κ1) is 15.8. The van der Waals surface area contributed by atoms with Gasteiger partial charge < -0.3 is 15.4 Å². The number of ether oxygens (including phenoxy) is 1. The number of hydrogen-bond acceptors (Lipinski definition) is 2. The number of carbonyl (C=O) groups is 1. The normalized spacial score (nSPS) is 21.4. The highest BCUT2D eigenvalue weighted by Crippen LogP contribution is 2.54. The lowest BCUT2D eigenvalue weighted by atomic mass is 9.82. The molecule has 2 heterocycles. The molecule has 0 aliphatic carbocycles. The first-order chi connectivity index (χ1) is 11.8. The monoisotopic (exact) mass is 366 g/mol. The minimum absolute atomic E-state index is 0.00355. The average molecular weight is 367 g/mol. The van der Waals surface area contributed by atoms with Crippen molar-refractivity contribution in [2.75, 3.05) is 5.32 Å². The number of benzene rings is 2. The van der Waals surface area contributed by atoms with Gasteiger partial charge in [0.05, 0.1) is 16.3 Å². The van der Waals surface area contributed by atoms with E-state index in [2.05, 4.69) is 5.32 Å². The van der Waals surface area contributed by atoms with Gasteiger partial charge in [-0.15, -0.1) is 0 Å². The zero-order valence-electron chi connectivity index (χ0n) is 12.4. The third-order valence-corrected chi connectivity index (χ3v) is 4.43. The quantitative estimate of drug-likeness (QED) is 0.770. The Labute approximate surface area is 145 Å². The van der Waals surface area contributed by atoms with E-state index in [4.69, 9.17) is 16.3 Å². The molecule has 0 saturated carbocycles. The van der Waals surface area contributed by atoms with Gasteiger partial charge in [0.15, 0.2) is 11.3 Å². The number of hydrogen-bond donors (Lipinski definition) is 2. The Morgan fingerprint density at radius 3 is 2.48 bits per heavy atom. The number of anilines is 1. The Kier molecular flexibility index (Phi) is 3.27. The molecule has 0 spiro atoms. The van der Waals surface area contributed by atoms with Gasteiger partial charge in [0.2, 0.25) is 0 Å². The van der Waals surface area contributed by atoms with Crippen molar-refractivity contribution in [3.8, 4) is 5.75 Å². The molecule has 0 fully saturated rings. The maximum absolute atomic E-state index is 14.1. The number of urea groups is 1. The van der Waals surface area contributed by atoms with E-state index >= 15 is 0 Å². The van der Waals surface area contributed by atoms with E-state index in [1.54, 1.807) is 30.3 Å². The Morgan fingerprint density at radius 1 is 1.08 bits per heavy atom. The lowest BCUT2D eigenvalue weighted by molar-refractivity contribution is -0.182. The molecule has 25 heavy (non-hydrogen) atoms. The molecule has 0 bridgehead atoms. The standard InChI is InChI=1S/C17H10ClF3N2O2/c18-10-6-7-11-13-14(10)25-12(9-4-2-1-3-5-9)8-16(13,17(19,20)21)23-15(24)22-11/h1-8H,(H2,22,23,24). The molecule has 2 aromatic rings. The van der Waals surface area contributed by atoms with Crippen LogP contribution in [-0.2, 0) is 5.54 Å². The van der Waals surface area contributed by atoms with Crippen LogP contribution in [0.2, 0.25) is 5.02 Å². The Balaban J connectivity index is 2.04. The fourth-order valence-electron chi connectivity index (χ4n) is 3.03. The van der Waals surface area contributed by atoms with Crippen molar-refractivity contribution in [1.29, 1.82) is 0 Å². The highest BCUT2D eigenvalue weighted by molar-refractivity contribution is 6.32. The molecular formula is C17H10ClF3N2O2. The van der Waals surface area contributed by atoms with Gasteiger partial charge >= 0.3 is 12.2 Å². The van der Waals surface area contributed by atoms with Crippen molar-refractivity contribution >= 4 is 29.1 Å². The first-order valence-electron chi connectivity index (χ1n) is 7.27. The van der Waals surface area contributed by atoms with Gasteiger partial charge in [-0.3, -0.25) is 0 Å². The van der Waals surface area contributed by atoms with Crippen molar-refractivity contribution in [2.24, 2.45) is 0 Å². The predicted molar refractivity (Wildman–Crippen MR) is 86.4 cm³/mol. The molecule has 1 atom stereocenters. The van der Waals surface area contributed by atoms with Crippen LogP contribution in [0.25, 0.3) is 5.76 Å². The Morgan fingerprint density at radius 2 is 1.80 bits per heavy atom. The molecule has 2 amide bonds. The molecule has 4 rings (SSSR count). The van der Waals surface area contributed by atoms with Crippen LogP contribution in [0.5, 0.6) is 5.75 Å². The number of amides is 2. The lowest BCUT2D eigenvalue weighted by Crippen LogP contribution is -2.60. The molecular weight excluding hydrogens is 357 g/mol. The number of rotatable bonds is 1. The molecule has 0 aromatic heterocycles. The molecule has 2 N–H and O–H groups in total. The Hall–Kier alpha value is -2.67.